The third kappa shape index (κ3) is 3.84. The molecule has 3 unspecified atom stereocenters. The van der Waals surface area contributed by atoms with E-state index in [1.807, 2.05) is 11.3 Å². The maximum atomic E-state index is 3.78. The van der Waals surface area contributed by atoms with E-state index in [0.717, 1.165) is 19.0 Å². The minimum Gasteiger partial charge on any atom is -0.311 e. The van der Waals surface area contributed by atoms with Gasteiger partial charge in [-0.3, -0.25) is 4.90 Å². The van der Waals surface area contributed by atoms with Gasteiger partial charge < -0.3 is 5.32 Å². The van der Waals surface area contributed by atoms with Gasteiger partial charge in [0.1, 0.15) is 0 Å². The third-order valence-corrected chi connectivity index (χ3v) is 5.73. The molecule has 3 atom stereocenters. The monoisotopic (exact) mass is 294 g/mol. The topological polar surface area (TPSA) is 15.3 Å². The summed E-state index contributed by atoms with van der Waals surface area (Å²) in [5.74, 6) is 1.47. The molecule has 2 nitrogen and oxygen atoms in total. The molecule has 0 radical (unpaired) electrons. The maximum absolute atomic E-state index is 3.78. The molecule has 1 aromatic rings. The zero-order valence-corrected chi connectivity index (χ0v) is 14.5. The molecule has 1 aliphatic rings. The predicted molar refractivity (Wildman–Crippen MR) is 89.3 cm³/mol. The highest BCUT2D eigenvalue weighted by molar-refractivity contribution is 7.11. The summed E-state index contributed by atoms with van der Waals surface area (Å²) < 4.78 is 0. The average molecular weight is 295 g/mol. The van der Waals surface area contributed by atoms with Crippen molar-refractivity contribution in [3.8, 4) is 0 Å². The minimum absolute atomic E-state index is 0.649. The lowest BCUT2D eigenvalue weighted by molar-refractivity contribution is 0.0762. The van der Waals surface area contributed by atoms with Crippen molar-refractivity contribution in [2.75, 3.05) is 13.1 Å². The van der Waals surface area contributed by atoms with Gasteiger partial charge in [0.25, 0.3) is 0 Å². The number of hydrogen-bond donors (Lipinski definition) is 1. The molecule has 1 N–H and O–H groups in total. The molecule has 2 rings (SSSR count). The fraction of sp³-hybridized carbons (Fsp3) is 0.765. The van der Waals surface area contributed by atoms with E-state index >= 15 is 0 Å². The van der Waals surface area contributed by atoms with Crippen LogP contribution in [0.25, 0.3) is 0 Å². The minimum atomic E-state index is 0.649. The summed E-state index contributed by atoms with van der Waals surface area (Å²) in [6, 6.07) is 5.87. The van der Waals surface area contributed by atoms with Crippen LogP contribution in [0.1, 0.15) is 43.9 Å². The molecule has 0 aliphatic carbocycles. The zero-order valence-electron chi connectivity index (χ0n) is 13.6. The molecule has 3 heteroatoms. The Bertz CT molecular complexity index is 413. The third-order valence-electron chi connectivity index (χ3n) is 4.74. The van der Waals surface area contributed by atoms with Crippen LogP contribution in [0.4, 0.5) is 0 Å². The summed E-state index contributed by atoms with van der Waals surface area (Å²) in [6.07, 6.45) is 1.26. The second-order valence-corrected chi connectivity index (χ2v) is 8.03. The van der Waals surface area contributed by atoms with Gasteiger partial charge in [-0.25, -0.2) is 0 Å². The molecular weight excluding hydrogens is 264 g/mol. The lowest BCUT2D eigenvalue weighted by Gasteiger charge is -2.44. The Balaban J connectivity index is 2.06. The Morgan fingerprint density at radius 2 is 2.10 bits per heavy atom. The van der Waals surface area contributed by atoms with Crippen molar-refractivity contribution >= 4 is 11.3 Å². The summed E-state index contributed by atoms with van der Waals surface area (Å²) in [4.78, 5) is 5.65. The molecule has 114 valence electrons. The SMILES string of the molecule is CCC(C)C1CN(Cc2ccc(C)s2)C(C(C)C)CN1. The first-order valence-electron chi connectivity index (χ1n) is 8.04. The first-order valence-corrected chi connectivity index (χ1v) is 8.85. The van der Waals surface area contributed by atoms with Crippen LogP contribution in [0, 0.1) is 18.8 Å². The Kier molecular flexibility index (Phi) is 5.65. The highest BCUT2D eigenvalue weighted by atomic mass is 32.1. The number of hydrogen-bond acceptors (Lipinski definition) is 3. The molecule has 1 fully saturated rings. The molecule has 0 amide bonds. The lowest BCUT2D eigenvalue weighted by atomic mass is 9.92. The van der Waals surface area contributed by atoms with E-state index in [9.17, 15) is 0 Å². The van der Waals surface area contributed by atoms with Crippen LogP contribution in [-0.2, 0) is 6.54 Å². The number of aryl methyl sites for hydroxylation is 1. The zero-order chi connectivity index (χ0) is 14.7. The number of piperazine rings is 1. The van der Waals surface area contributed by atoms with Crippen LogP contribution in [0.2, 0.25) is 0 Å². The second kappa shape index (κ2) is 7.06. The Labute approximate surface area is 128 Å². The average Bonchev–Trinajstić information content (AvgIpc) is 2.82. The van der Waals surface area contributed by atoms with Crippen molar-refractivity contribution in [3.05, 3.63) is 21.9 Å². The van der Waals surface area contributed by atoms with Gasteiger partial charge in [-0.05, 0) is 30.9 Å². The van der Waals surface area contributed by atoms with Crippen molar-refractivity contribution < 1.29 is 0 Å². The van der Waals surface area contributed by atoms with Crippen molar-refractivity contribution in [2.24, 2.45) is 11.8 Å². The van der Waals surface area contributed by atoms with E-state index in [0.29, 0.717) is 18.0 Å². The van der Waals surface area contributed by atoms with Gasteiger partial charge in [0, 0.05) is 41.5 Å². The molecule has 2 heterocycles. The summed E-state index contributed by atoms with van der Waals surface area (Å²) in [6.45, 7) is 15.0. The highest BCUT2D eigenvalue weighted by Gasteiger charge is 2.31. The normalized spacial score (nSPS) is 26.1. The molecule has 0 aromatic carbocycles. The van der Waals surface area contributed by atoms with Gasteiger partial charge in [0.05, 0.1) is 0 Å². The molecule has 20 heavy (non-hydrogen) atoms. The van der Waals surface area contributed by atoms with Gasteiger partial charge in [0.2, 0.25) is 0 Å². The van der Waals surface area contributed by atoms with Gasteiger partial charge in [-0.2, -0.15) is 0 Å². The van der Waals surface area contributed by atoms with Crippen molar-refractivity contribution in [2.45, 2.75) is 59.7 Å². The molecule has 1 saturated heterocycles. The Morgan fingerprint density at radius 3 is 2.65 bits per heavy atom. The largest absolute Gasteiger partial charge is 0.311 e. The number of thiophene rings is 1. The van der Waals surface area contributed by atoms with Crippen molar-refractivity contribution in [3.63, 3.8) is 0 Å². The van der Waals surface area contributed by atoms with E-state index in [1.54, 1.807) is 0 Å². The Hall–Kier alpha value is -0.380. The van der Waals surface area contributed by atoms with E-state index in [1.165, 1.54) is 22.7 Å². The molecule has 1 aromatic heterocycles. The fourth-order valence-electron chi connectivity index (χ4n) is 3.13. The van der Waals surface area contributed by atoms with Crippen LogP contribution in [0.3, 0.4) is 0 Å². The summed E-state index contributed by atoms with van der Waals surface area (Å²) in [5, 5.41) is 3.78. The van der Waals surface area contributed by atoms with Crippen LogP contribution < -0.4 is 5.32 Å². The van der Waals surface area contributed by atoms with E-state index < -0.39 is 0 Å². The van der Waals surface area contributed by atoms with Gasteiger partial charge in [-0.15, -0.1) is 11.3 Å². The first kappa shape index (κ1) is 16.0. The molecule has 0 spiro atoms. The van der Waals surface area contributed by atoms with Gasteiger partial charge in [0.15, 0.2) is 0 Å². The smallest absolute Gasteiger partial charge is 0.0332 e. The summed E-state index contributed by atoms with van der Waals surface area (Å²) in [7, 11) is 0. The first-order chi connectivity index (χ1) is 9.51. The lowest BCUT2D eigenvalue weighted by Crippen LogP contribution is -2.59. The maximum Gasteiger partial charge on any atom is 0.0332 e. The number of rotatable bonds is 5. The molecule has 0 bridgehead atoms. The van der Waals surface area contributed by atoms with E-state index in [4.69, 9.17) is 0 Å². The standard InChI is InChI=1S/C17H30N2S/c1-6-13(4)16-11-19(17(9-18-16)12(2)3)10-15-8-7-14(5)20-15/h7-8,12-13,16-18H,6,9-11H2,1-5H3. The second-order valence-electron chi connectivity index (χ2n) is 6.65. The van der Waals surface area contributed by atoms with Crippen LogP contribution in [0.5, 0.6) is 0 Å². The summed E-state index contributed by atoms with van der Waals surface area (Å²) in [5.41, 5.74) is 0. The van der Waals surface area contributed by atoms with Crippen LogP contribution in [0.15, 0.2) is 12.1 Å². The quantitative estimate of drug-likeness (QED) is 0.886. The molecule has 0 saturated carbocycles. The van der Waals surface area contributed by atoms with Gasteiger partial charge >= 0.3 is 0 Å². The van der Waals surface area contributed by atoms with Crippen LogP contribution >= 0.6 is 11.3 Å². The van der Waals surface area contributed by atoms with Crippen molar-refractivity contribution in [1.29, 1.82) is 0 Å². The number of nitrogens with one attached hydrogen (secondary N) is 1. The van der Waals surface area contributed by atoms with E-state index in [2.05, 4.69) is 57.0 Å². The van der Waals surface area contributed by atoms with Crippen LogP contribution in [-0.4, -0.2) is 30.1 Å². The van der Waals surface area contributed by atoms with Crippen molar-refractivity contribution in [1.82, 2.24) is 10.2 Å². The highest BCUT2D eigenvalue weighted by Crippen LogP contribution is 2.24. The predicted octanol–water partition coefficient (Wildman–Crippen LogP) is 3.90. The molecule has 1 aliphatic heterocycles. The fourth-order valence-corrected chi connectivity index (χ4v) is 4.04. The number of nitrogens with zero attached hydrogens (tertiary/aromatic N) is 1. The van der Waals surface area contributed by atoms with E-state index in [-0.39, 0.29) is 0 Å². The molecular formula is C17H30N2S. The Morgan fingerprint density at radius 1 is 1.35 bits per heavy atom. The van der Waals surface area contributed by atoms with Gasteiger partial charge in [-0.1, -0.05) is 34.1 Å². The summed E-state index contributed by atoms with van der Waals surface area (Å²) >= 11 is 1.95.